The van der Waals surface area contributed by atoms with Crippen LogP contribution in [0.5, 0.6) is 10.9 Å². The fourth-order valence-corrected chi connectivity index (χ4v) is 4.89. The number of oxazole rings is 1. The number of carbonyl (C=O) groups is 1. The number of Topliss-reactive ketones (excluding diaryl/α,β-unsaturated/α-hetero) is 1. The maximum Gasteiger partial charge on any atom is 0.278 e. The highest BCUT2D eigenvalue weighted by atomic mass is 32.1. The van der Waals surface area contributed by atoms with E-state index < -0.39 is 11.6 Å². The number of hydrogen-bond acceptors (Lipinski definition) is 6. The third-order valence-corrected chi connectivity index (χ3v) is 6.57. The number of benzene rings is 2. The highest BCUT2D eigenvalue weighted by Crippen LogP contribution is 2.36. The Labute approximate surface area is 210 Å². The molecule has 0 unspecified atom stereocenters. The first-order chi connectivity index (χ1) is 17.4. The number of ketones is 1. The van der Waals surface area contributed by atoms with Gasteiger partial charge in [-0.3, -0.25) is 4.79 Å². The molecule has 0 atom stereocenters. The lowest BCUT2D eigenvalue weighted by Gasteiger charge is -2.14. The standard InChI is InChI=1S/C27H23F2N3O3S/c1-16(2)26-25(23(33)8-4-17-3-7-20(28)21(29)13-17)19-6-5-18(35-27-31-10-12-36-27)14-22(19)32(26)15-24-30-9-11-34-24/h3,5-7,9-14,16H,4,8,15H2,1-2H3. The molecule has 36 heavy (non-hydrogen) atoms. The summed E-state index contributed by atoms with van der Waals surface area (Å²) >= 11 is 1.39. The van der Waals surface area contributed by atoms with Crippen molar-refractivity contribution in [3.05, 3.63) is 94.8 Å². The van der Waals surface area contributed by atoms with Crippen molar-refractivity contribution in [3.63, 3.8) is 0 Å². The van der Waals surface area contributed by atoms with Gasteiger partial charge in [-0.15, -0.1) is 0 Å². The van der Waals surface area contributed by atoms with E-state index in [1.807, 2.05) is 42.0 Å². The maximum absolute atomic E-state index is 13.7. The van der Waals surface area contributed by atoms with Gasteiger partial charge in [0.1, 0.15) is 12.0 Å². The molecule has 5 rings (SSSR count). The maximum atomic E-state index is 13.7. The fourth-order valence-electron chi connectivity index (χ4n) is 4.38. The Morgan fingerprint density at radius 3 is 2.67 bits per heavy atom. The SMILES string of the molecule is CC(C)c1c(C(=O)CCc2ccc(F)c(F)c2)c2ccc(Oc3nccs3)cc2n1Cc1ncco1. The molecule has 0 aliphatic rings. The lowest BCUT2D eigenvalue weighted by molar-refractivity contribution is 0.0982. The van der Waals surface area contributed by atoms with Gasteiger partial charge in [0.25, 0.3) is 5.19 Å². The molecule has 0 bridgehead atoms. The number of nitrogens with zero attached hydrogens (tertiary/aromatic N) is 3. The number of fused-ring (bicyclic) bond motifs is 1. The third-order valence-electron chi connectivity index (χ3n) is 5.92. The van der Waals surface area contributed by atoms with E-state index in [2.05, 4.69) is 9.97 Å². The average molecular weight is 508 g/mol. The summed E-state index contributed by atoms with van der Waals surface area (Å²) in [7, 11) is 0. The van der Waals surface area contributed by atoms with Crippen molar-refractivity contribution in [2.45, 2.75) is 39.2 Å². The normalized spacial score (nSPS) is 11.5. The number of ether oxygens (including phenoxy) is 1. The van der Waals surface area contributed by atoms with Crippen molar-refractivity contribution in [1.29, 1.82) is 0 Å². The van der Waals surface area contributed by atoms with E-state index in [1.54, 1.807) is 12.4 Å². The van der Waals surface area contributed by atoms with Gasteiger partial charge in [-0.05, 0) is 42.2 Å². The first-order valence-corrected chi connectivity index (χ1v) is 12.4. The van der Waals surface area contributed by atoms with E-state index in [4.69, 9.17) is 9.15 Å². The largest absolute Gasteiger partial charge is 0.447 e. The van der Waals surface area contributed by atoms with Crippen molar-refractivity contribution in [2.75, 3.05) is 0 Å². The smallest absolute Gasteiger partial charge is 0.278 e. The van der Waals surface area contributed by atoms with Crippen LogP contribution in [0.25, 0.3) is 10.9 Å². The first kappa shape index (κ1) is 23.9. The van der Waals surface area contributed by atoms with E-state index in [1.165, 1.54) is 23.7 Å². The summed E-state index contributed by atoms with van der Waals surface area (Å²) in [6.07, 6.45) is 5.22. The minimum atomic E-state index is -0.918. The summed E-state index contributed by atoms with van der Waals surface area (Å²) in [5.74, 6) is -0.776. The molecule has 3 aromatic heterocycles. The number of thiazole rings is 1. The summed E-state index contributed by atoms with van der Waals surface area (Å²) in [6, 6.07) is 9.30. The lowest BCUT2D eigenvalue weighted by atomic mass is 9.96. The van der Waals surface area contributed by atoms with Gasteiger partial charge in [0.2, 0.25) is 5.89 Å². The van der Waals surface area contributed by atoms with Crippen molar-refractivity contribution in [3.8, 4) is 10.9 Å². The zero-order chi connectivity index (χ0) is 25.2. The summed E-state index contributed by atoms with van der Waals surface area (Å²) in [5, 5.41) is 3.14. The number of rotatable bonds is 9. The van der Waals surface area contributed by atoms with Crippen molar-refractivity contribution in [1.82, 2.24) is 14.5 Å². The van der Waals surface area contributed by atoms with Crippen LogP contribution in [0.15, 0.2) is 64.9 Å². The van der Waals surface area contributed by atoms with Gasteiger partial charge in [0.15, 0.2) is 17.4 Å². The summed E-state index contributed by atoms with van der Waals surface area (Å²) in [5.41, 5.74) is 2.83. The molecule has 5 aromatic rings. The Bertz CT molecular complexity index is 1510. The second-order valence-electron chi connectivity index (χ2n) is 8.68. The number of carbonyl (C=O) groups excluding carboxylic acids is 1. The van der Waals surface area contributed by atoms with Crippen LogP contribution in [0.4, 0.5) is 8.78 Å². The van der Waals surface area contributed by atoms with Crippen LogP contribution in [0.3, 0.4) is 0 Å². The topological polar surface area (TPSA) is 70.2 Å². The molecule has 2 aromatic carbocycles. The summed E-state index contributed by atoms with van der Waals surface area (Å²) in [4.78, 5) is 22.1. The zero-order valence-electron chi connectivity index (χ0n) is 19.7. The molecule has 0 radical (unpaired) electrons. The lowest BCUT2D eigenvalue weighted by Crippen LogP contribution is -2.11. The van der Waals surface area contributed by atoms with E-state index >= 15 is 0 Å². The average Bonchev–Trinajstić information content (AvgIpc) is 3.61. The third kappa shape index (κ3) is 4.79. The second kappa shape index (κ2) is 10.0. The molecule has 3 heterocycles. The van der Waals surface area contributed by atoms with Crippen LogP contribution in [-0.4, -0.2) is 20.3 Å². The highest BCUT2D eigenvalue weighted by molar-refractivity contribution is 7.11. The van der Waals surface area contributed by atoms with Gasteiger partial charge in [-0.25, -0.2) is 18.7 Å². The molecule has 0 fully saturated rings. The van der Waals surface area contributed by atoms with Crippen LogP contribution >= 0.6 is 11.3 Å². The predicted molar refractivity (Wildman–Crippen MR) is 133 cm³/mol. The zero-order valence-corrected chi connectivity index (χ0v) is 20.5. The minimum absolute atomic E-state index is 0.0120. The molecule has 0 spiro atoms. The first-order valence-electron chi connectivity index (χ1n) is 11.5. The van der Waals surface area contributed by atoms with Crippen LogP contribution in [0, 0.1) is 11.6 Å². The second-order valence-corrected chi connectivity index (χ2v) is 9.53. The molecule has 0 amide bonds. The Balaban J connectivity index is 1.56. The van der Waals surface area contributed by atoms with E-state index in [9.17, 15) is 13.6 Å². The Hall–Kier alpha value is -3.85. The van der Waals surface area contributed by atoms with Crippen molar-refractivity contribution < 1.29 is 22.7 Å². The summed E-state index contributed by atoms with van der Waals surface area (Å²) < 4.78 is 40.4. The van der Waals surface area contributed by atoms with Gasteiger partial charge in [0.05, 0.1) is 18.3 Å². The van der Waals surface area contributed by atoms with Gasteiger partial charge in [0, 0.05) is 40.7 Å². The monoisotopic (exact) mass is 507 g/mol. The van der Waals surface area contributed by atoms with Crippen LogP contribution in [-0.2, 0) is 13.0 Å². The highest BCUT2D eigenvalue weighted by Gasteiger charge is 2.25. The number of halogens is 2. The Kier molecular flexibility index (Phi) is 6.65. The van der Waals surface area contributed by atoms with Gasteiger partial charge in [-0.2, -0.15) is 0 Å². The molecule has 0 saturated heterocycles. The molecule has 0 aliphatic heterocycles. The van der Waals surface area contributed by atoms with Crippen LogP contribution in [0.1, 0.15) is 53.7 Å². The van der Waals surface area contributed by atoms with Crippen LogP contribution < -0.4 is 4.74 Å². The molecule has 9 heteroatoms. The molecule has 184 valence electrons. The Morgan fingerprint density at radius 2 is 1.97 bits per heavy atom. The van der Waals surface area contributed by atoms with E-state index in [0.29, 0.717) is 40.9 Å². The minimum Gasteiger partial charge on any atom is -0.447 e. The molecular formula is C27H23F2N3O3S. The van der Waals surface area contributed by atoms with Crippen molar-refractivity contribution >= 4 is 28.0 Å². The summed E-state index contributed by atoms with van der Waals surface area (Å²) in [6.45, 7) is 4.40. The van der Waals surface area contributed by atoms with Gasteiger partial charge < -0.3 is 13.7 Å². The number of hydrogen-bond donors (Lipinski definition) is 0. The van der Waals surface area contributed by atoms with Crippen LogP contribution in [0.2, 0.25) is 0 Å². The number of aryl methyl sites for hydroxylation is 1. The molecule has 0 saturated carbocycles. The fraction of sp³-hybridized carbons (Fsp3) is 0.222. The quantitative estimate of drug-likeness (QED) is 0.198. The van der Waals surface area contributed by atoms with E-state index in [-0.39, 0.29) is 18.1 Å². The Morgan fingerprint density at radius 1 is 1.11 bits per heavy atom. The molecule has 0 N–H and O–H groups in total. The van der Waals surface area contributed by atoms with Crippen molar-refractivity contribution in [2.24, 2.45) is 0 Å². The predicted octanol–water partition coefficient (Wildman–Crippen LogP) is 7.14. The van der Waals surface area contributed by atoms with Gasteiger partial charge >= 0.3 is 0 Å². The number of aromatic nitrogens is 3. The molecule has 0 aliphatic carbocycles. The molecule has 6 nitrogen and oxygen atoms in total. The van der Waals surface area contributed by atoms with E-state index in [0.717, 1.165) is 28.7 Å². The van der Waals surface area contributed by atoms with Gasteiger partial charge in [-0.1, -0.05) is 31.3 Å². The molecular weight excluding hydrogens is 484 g/mol.